The summed E-state index contributed by atoms with van der Waals surface area (Å²) in [6, 6.07) is 11.0. The quantitative estimate of drug-likeness (QED) is 0.622. The first-order chi connectivity index (χ1) is 8.78. The second-order valence-corrected chi connectivity index (χ2v) is 4.81. The van der Waals surface area contributed by atoms with Gasteiger partial charge in [0, 0.05) is 26.2 Å². The van der Waals surface area contributed by atoms with Crippen LogP contribution in [0.2, 0.25) is 0 Å². The van der Waals surface area contributed by atoms with E-state index in [0.717, 1.165) is 19.6 Å². The summed E-state index contributed by atoms with van der Waals surface area (Å²) in [5.74, 6) is 0.543. The molecule has 18 heavy (non-hydrogen) atoms. The summed E-state index contributed by atoms with van der Waals surface area (Å²) in [5.41, 5.74) is 7.09. The Balaban J connectivity index is 1.87. The maximum atomic E-state index is 5.72. The minimum Gasteiger partial charge on any atom is -0.370 e. The van der Waals surface area contributed by atoms with Gasteiger partial charge in [-0.05, 0) is 24.9 Å². The Bertz CT molecular complexity index is 388. The van der Waals surface area contributed by atoms with Crippen LogP contribution >= 0.6 is 0 Å². The molecule has 2 rings (SSSR count). The predicted octanol–water partition coefficient (Wildman–Crippen LogP) is 1.19. The lowest BCUT2D eigenvalue weighted by Crippen LogP contribution is -2.49. The van der Waals surface area contributed by atoms with E-state index in [1.807, 2.05) is 0 Å². The van der Waals surface area contributed by atoms with Gasteiger partial charge in [-0.1, -0.05) is 30.3 Å². The third-order valence-corrected chi connectivity index (χ3v) is 3.35. The van der Waals surface area contributed by atoms with Crippen molar-refractivity contribution in [3.05, 3.63) is 35.9 Å². The third kappa shape index (κ3) is 3.74. The van der Waals surface area contributed by atoms with Gasteiger partial charge in [0.2, 0.25) is 0 Å². The number of aliphatic imine (C=N–C) groups is 1. The molecule has 1 aliphatic rings. The second kappa shape index (κ2) is 6.40. The zero-order valence-corrected chi connectivity index (χ0v) is 11.0. The van der Waals surface area contributed by atoms with E-state index in [-0.39, 0.29) is 0 Å². The summed E-state index contributed by atoms with van der Waals surface area (Å²) >= 11 is 0. The van der Waals surface area contributed by atoms with E-state index in [4.69, 9.17) is 5.73 Å². The first-order valence-corrected chi connectivity index (χ1v) is 6.53. The topological polar surface area (TPSA) is 53.6 Å². The largest absolute Gasteiger partial charge is 0.370 e. The predicted molar refractivity (Wildman–Crippen MR) is 75.4 cm³/mol. The van der Waals surface area contributed by atoms with Crippen molar-refractivity contribution in [3.8, 4) is 0 Å². The molecule has 0 spiro atoms. The van der Waals surface area contributed by atoms with E-state index >= 15 is 0 Å². The number of guanidine groups is 1. The van der Waals surface area contributed by atoms with Crippen molar-refractivity contribution >= 4 is 5.96 Å². The number of nitrogens with one attached hydrogen (secondary N) is 1. The number of piperidine rings is 1. The summed E-state index contributed by atoms with van der Waals surface area (Å²) in [5, 5.41) is 3.27. The van der Waals surface area contributed by atoms with Crippen molar-refractivity contribution in [1.82, 2.24) is 10.2 Å². The lowest BCUT2D eigenvalue weighted by Gasteiger charge is -2.33. The normalized spacial score (nSPS) is 21.8. The number of hydrogen-bond donors (Lipinski definition) is 2. The minimum absolute atomic E-state index is 0.422. The first-order valence-electron chi connectivity index (χ1n) is 6.53. The minimum atomic E-state index is 0.422. The van der Waals surface area contributed by atoms with Gasteiger partial charge in [-0.3, -0.25) is 9.89 Å². The zero-order valence-electron chi connectivity index (χ0n) is 11.0. The molecule has 1 aliphatic heterocycles. The fourth-order valence-corrected chi connectivity index (χ4v) is 2.43. The first kappa shape index (κ1) is 12.9. The standard InChI is InChI=1S/C14H22N4/c1-16-14(15)17-13-8-5-9-18(11-13)10-12-6-3-2-4-7-12/h2-4,6-7,13H,5,8-11H2,1H3,(H3,15,16,17)/t13-/m1/s1. The van der Waals surface area contributed by atoms with E-state index in [0.29, 0.717) is 12.0 Å². The van der Waals surface area contributed by atoms with Gasteiger partial charge in [0.15, 0.2) is 5.96 Å². The fourth-order valence-electron chi connectivity index (χ4n) is 2.43. The number of hydrogen-bond acceptors (Lipinski definition) is 2. The average Bonchev–Trinajstić information content (AvgIpc) is 2.40. The Kier molecular flexibility index (Phi) is 4.59. The molecule has 0 aromatic heterocycles. The smallest absolute Gasteiger partial charge is 0.188 e. The summed E-state index contributed by atoms with van der Waals surface area (Å²) in [7, 11) is 1.72. The molecule has 1 heterocycles. The molecule has 0 unspecified atom stereocenters. The van der Waals surface area contributed by atoms with Crippen LogP contribution < -0.4 is 11.1 Å². The average molecular weight is 246 g/mol. The van der Waals surface area contributed by atoms with Gasteiger partial charge in [-0.15, -0.1) is 0 Å². The number of rotatable bonds is 3. The molecule has 0 amide bonds. The van der Waals surface area contributed by atoms with Gasteiger partial charge < -0.3 is 11.1 Å². The number of benzene rings is 1. The van der Waals surface area contributed by atoms with E-state index in [1.54, 1.807) is 7.05 Å². The summed E-state index contributed by atoms with van der Waals surface area (Å²) in [6.07, 6.45) is 2.38. The van der Waals surface area contributed by atoms with Gasteiger partial charge in [-0.25, -0.2) is 0 Å². The molecule has 0 bridgehead atoms. The van der Waals surface area contributed by atoms with E-state index < -0.39 is 0 Å². The fraction of sp³-hybridized carbons (Fsp3) is 0.500. The molecular formula is C14H22N4. The van der Waals surface area contributed by atoms with E-state index in [2.05, 4.69) is 45.5 Å². The summed E-state index contributed by atoms with van der Waals surface area (Å²) in [6.45, 7) is 3.21. The SMILES string of the molecule is CN=C(N)N[C@@H]1CCCN(Cc2ccccc2)C1. The van der Waals surface area contributed by atoms with Crippen LogP contribution in [0.1, 0.15) is 18.4 Å². The molecule has 0 radical (unpaired) electrons. The maximum absolute atomic E-state index is 5.72. The highest BCUT2D eigenvalue weighted by Crippen LogP contribution is 2.13. The Hall–Kier alpha value is -1.55. The molecule has 0 aliphatic carbocycles. The van der Waals surface area contributed by atoms with E-state index in [9.17, 15) is 0 Å². The zero-order chi connectivity index (χ0) is 12.8. The number of nitrogens with two attached hydrogens (primary N) is 1. The second-order valence-electron chi connectivity index (χ2n) is 4.81. The lowest BCUT2D eigenvalue weighted by molar-refractivity contribution is 0.193. The van der Waals surface area contributed by atoms with Crippen LogP contribution in [0.15, 0.2) is 35.3 Å². The Labute approximate surface area is 109 Å². The molecule has 4 nitrogen and oxygen atoms in total. The summed E-state index contributed by atoms with van der Waals surface area (Å²) < 4.78 is 0. The van der Waals surface area contributed by atoms with Crippen LogP contribution in [0.25, 0.3) is 0 Å². The van der Waals surface area contributed by atoms with Gasteiger partial charge >= 0.3 is 0 Å². The third-order valence-electron chi connectivity index (χ3n) is 3.35. The highest BCUT2D eigenvalue weighted by molar-refractivity contribution is 5.77. The van der Waals surface area contributed by atoms with Crippen LogP contribution in [0.4, 0.5) is 0 Å². The molecular weight excluding hydrogens is 224 g/mol. The summed E-state index contributed by atoms with van der Waals surface area (Å²) in [4.78, 5) is 6.43. The molecule has 98 valence electrons. The molecule has 1 aromatic rings. The molecule has 1 saturated heterocycles. The van der Waals surface area contributed by atoms with Gasteiger partial charge in [0.1, 0.15) is 0 Å². The van der Waals surface area contributed by atoms with Crippen molar-refractivity contribution in [2.45, 2.75) is 25.4 Å². The van der Waals surface area contributed by atoms with Crippen LogP contribution in [0.5, 0.6) is 0 Å². The van der Waals surface area contributed by atoms with Crippen molar-refractivity contribution < 1.29 is 0 Å². The van der Waals surface area contributed by atoms with Gasteiger partial charge in [-0.2, -0.15) is 0 Å². The molecule has 1 aromatic carbocycles. The van der Waals surface area contributed by atoms with E-state index in [1.165, 1.54) is 18.4 Å². The van der Waals surface area contributed by atoms with Crippen LogP contribution in [-0.2, 0) is 6.54 Å². The Morgan fingerprint density at radius 2 is 2.22 bits per heavy atom. The molecule has 4 heteroatoms. The van der Waals surface area contributed by atoms with Crippen molar-refractivity contribution in [2.75, 3.05) is 20.1 Å². The number of likely N-dealkylation sites (tertiary alicyclic amines) is 1. The highest BCUT2D eigenvalue weighted by Gasteiger charge is 2.19. The van der Waals surface area contributed by atoms with Crippen molar-refractivity contribution in [1.29, 1.82) is 0 Å². The lowest BCUT2D eigenvalue weighted by atomic mass is 10.0. The Morgan fingerprint density at radius 1 is 1.44 bits per heavy atom. The highest BCUT2D eigenvalue weighted by atomic mass is 15.2. The molecule has 1 fully saturated rings. The van der Waals surface area contributed by atoms with Gasteiger partial charge in [0.25, 0.3) is 0 Å². The number of nitrogens with zero attached hydrogens (tertiary/aromatic N) is 2. The maximum Gasteiger partial charge on any atom is 0.188 e. The molecule has 1 atom stereocenters. The van der Waals surface area contributed by atoms with Crippen LogP contribution in [0.3, 0.4) is 0 Å². The van der Waals surface area contributed by atoms with Crippen molar-refractivity contribution in [3.63, 3.8) is 0 Å². The molecule has 0 saturated carbocycles. The van der Waals surface area contributed by atoms with Crippen LogP contribution in [-0.4, -0.2) is 37.0 Å². The van der Waals surface area contributed by atoms with Crippen LogP contribution in [0, 0.1) is 0 Å². The Morgan fingerprint density at radius 3 is 2.94 bits per heavy atom. The van der Waals surface area contributed by atoms with Gasteiger partial charge in [0.05, 0.1) is 0 Å². The van der Waals surface area contributed by atoms with Crippen molar-refractivity contribution in [2.24, 2.45) is 10.7 Å². The molecule has 3 N–H and O–H groups in total. The monoisotopic (exact) mass is 246 g/mol.